The summed E-state index contributed by atoms with van der Waals surface area (Å²) in [6.45, 7) is 0. The third-order valence-electron chi connectivity index (χ3n) is 1.76. The number of nitrogens with two attached hydrogens (primary N) is 2. The van der Waals surface area contributed by atoms with Gasteiger partial charge in [0.1, 0.15) is 0 Å². The van der Waals surface area contributed by atoms with Crippen LogP contribution < -0.4 is 11.5 Å². The molecule has 70 valence electrons. The number of benzene rings is 1. The lowest BCUT2D eigenvalue weighted by molar-refractivity contribution is -0.119. The first-order valence-electron chi connectivity index (χ1n) is 3.89. The first-order valence-corrected chi connectivity index (χ1v) is 4.97. The summed E-state index contributed by atoms with van der Waals surface area (Å²) in [4.78, 5) is 10.7. The lowest BCUT2D eigenvalue weighted by Crippen LogP contribution is -2.38. The Morgan fingerprint density at radius 3 is 2.62 bits per heavy atom. The summed E-state index contributed by atoms with van der Waals surface area (Å²) < 4.78 is 1.11. The highest BCUT2D eigenvalue weighted by molar-refractivity contribution is 14.1. The summed E-state index contributed by atoms with van der Waals surface area (Å²) in [5.74, 6) is -0.459. The average molecular weight is 290 g/mol. The van der Waals surface area contributed by atoms with Crippen molar-refractivity contribution >= 4 is 28.5 Å². The number of carbonyl (C=O) groups is 1. The van der Waals surface area contributed by atoms with Crippen molar-refractivity contribution in [3.63, 3.8) is 0 Å². The Kier molecular flexibility index (Phi) is 3.68. The molecule has 0 aliphatic heterocycles. The highest BCUT2D eigenvalue weighted by Gasteiger charge is 2.11. The van der Waals surface area contributed by atoms with Gasteiger partial charge < -0.3 is 11.5 Å². The normalized spacial score (nSPS) is 12.5. The lowest BCUT2D eigenvalue weighted by Gasteiger charge is -2.08. The van der Waals surface area contributed by atoms with Crippen LogP contribution in [0.3, 0.4) is 0 Å². The van der Waals surface area contributed by atoms with E-state index in [1.807, 2.05) is 24.3 Å². The average Bonchev–Trinajstić information content (AvgIpc) is 2.08. The Morgan fingerprint density at radius 2 is 2.08 bits per heavy atom. The summed E-state index contributed by atoms with van der Waals surface area (Å²) >= 11 is 2.21. The van der Waals surface area contributed by atoms with E-state index in [4.69, 9.17) is 11.5 Å². The maximum atomic E-state index is 10.7. The monoisotopic (exact) mass is 290 g/mol. The highest BCUT2D eigenvalue weighted by Crippen LogP contribution is 2.12. The molecule has 1 unspecified atom stereocenters. The van der Waals surface area contributed by atoms with Crippen molar-refractivity contribution < 1.29 is 4.79 Å². The van der Waals surface area contributed by atoms with Crippen molar-refractivity contribution in [2.24, 2.45) is 11.5 Å². The van der Waals surface area contributed by atoms with Gasteiger partial charge in [-0.1, -0.05) is 18.2 Å². The number of primary amides is 1. The van der Waals surface area contributed by atoms with Crippen LogP contribution in [-0.4, -0.2) is 11.9 Å². The van der Waals surface area contributed by atoms with Crippen LogP contribution in [0.25, 0.3) is 0 Å². The smallest absolute Gasteiger partial charge is 0.234 e. The Balaban J connectivity index is 2.74. The second kappa shape index (κ2) is 4.57. The predicted molar refractivity (Wildman–Crippen MR) is 60.0 cm³/mol. The zero-order chi connectivity index (χ0) is 9.84. The zero-order valence-electron chi connectivity index (χ0n) is 7.03. The molecule has 13 heavy (non-hydrogen) atoms. The number of carbonyl (C=O) groups excluding carboxylic acids is 1. The Hall–Kier alpha value is -0.620. The van der Waals surface area contributed by atoms with E-state index in [0.29, 0.717) is 6.42 Å². The van der Waals surface area contributed by atoms with E-state index in [1.54, 1.807) is 0 Å². The molecular formula is C9H11IN2O. The summed E-state index contributed by atoms with van der Waals surface area (Å²) in [7, 11) is 0. The maximum Gasteiger partial charge on any atom is 0.234 e. The van der Waals surface area contributed by atoms with E-state index in [1.165, 1.54) is 0 Å². The second-order valence-corrected chi connectivity index (χ2v) is 3.97. The summed E-state index contributed by atoms with van der Waals surface area (Å²) in [5, 5.41) is 0. The molecule has 1 aromatic carbocycles. The van der Waals surface area contributed by atoms with Gasteiger partial charge in [0.15, 0.2) is 0 Å². The molecule has 4 heteroatoms. The lowest BCUT2D eigenvalue weighted by atomic mass is 10.1. The SMILES string of the molecule is NC(=O)C(N)Cc1ccccc1I. The Morgan fingerprint density at radius 1 is 1.46 bits per heavy atom. The maximum absolute atomic E-state index is 10.7. The number of hydrogen-bond acceptors (Lipinski definition) is 2. The van der Waals surface area contributed by atoms with Gasteiger partial charge in [-0.3, -0.25) is 4.79 Å². The topological polar surface area (TPSA) is 69.1 Å². The van der Waals surface area contributed by atoms with Crippen molar-refractivity contribution in [2.45, 2.75) is 12.5 Å². The van der Waals surface area contributed by atoms with Gasteiger partial charge in [0.25, 0.3) is 0 Å². The van der Waals surface area contributed by atoms with Crippen LogP contribution >= 0.6 is 22.6 Å². The number of rotatable bonds is 3. The summed E-state index contributed by atoms with van der Waals surface area (Å²) in [6.07, 6.45) is 0.508. The van der Waals surface area contributed by atoms with Gasteiger partial charge in [-0.15, -0.1) is 0 Å². The van der Waals surface area contributed by atoms with Crippen LogP contribution in [0.2, 0.25) is 0 Å². The molecule has 0 radical (unpaired) electrons. The molecule has 1 aromatic rings. The molecule has 1 amide bonds. The minimum atomic E-state index is -0.587. The molecule has 4 N–H and O–H groups in total. The summed E-state index contributed by atoms with van der Waals surface area (Å²) in [6, 6.07) is 7.21. The summed E-state index contributed by atoms with van der Waals surface area (Å²) in [5.41, 5.74) is 11.7. The van der Waals surface area contributed by atoms with Gasteiger partial charge in [0, 0.05) is 3.57 Å². The molecule has 1 atom stereocenters. The first kappa shape index (κ1) is 10.5. The third-order valence-corrected chi connectivity index (χ3v) is 2.82. The van der Waals surface area contributed by atoms with Gasteiger partial charge in [0.05, 0.1) is 6.04 Å². The fourth-order valence-corrected chi connectivity index (χ4v) is 1.61. The largest absolute Gasteiger partial charge is 0.368 e. The molecule has 0 fully saturated rings. The van der Waals surface area contributed by atoms with Gasteiger partial charge >= 0.3 is 0 Å². The molecule has 0 aliphatic rings. The third kappa shape index (κ3) is 2.96. The fourth-order valence-electron chi connectivity index (χ4n) is 1.00. The fraction of sp³-hybridized carbons (Fsp3) is 0.222. The molecule has 0 bridgehead atoms. The Bertz CT molecular complexity index is 314. The first-order chi connectivity index (χ1) is 6.11. The van der Waals surface area contributed by atoms with Crippen molar-refractivity contribution in [1.29, 1.82) is 0 Å². The van der Waals surface area contributed by atoms with Crippen molar-refractivity contribution in [1.82, 2.24) is 0 Å². The number of hydrogen-bond donors (Lipinski definition) is 2. The molecular weight excluding hydrogens is 279 g/mol. The van der Waals surface area contributed by atoms with Crippen LogP contribution in [-0.2, 0) is 11.2 Å². The predicted octanol–water partition coefficient (Wildman–Crippen LogP) is 0.646. The molecule has 3 nitrogen and oxygen atoms in total. The second-order valence-electron chi connectivity index (χ2n) is 2.80. The van der Waals surface area contributed by atoms with Crippen LogP contribution in [0.4, 0.5) is 0 Å². The zero-order valence-corrected chi connectivity index (χ0v) is 9.19. The molecule has 0 aliphatic carbocycles. The van der Waals surface area contributed by atoms with Gasteiger partial charge in [-0.2, -0.15) is 0 Å². The molecule has 0 aromatic heterocycles. The van der Waals surface area contributed by atoms with E-state index in [9.17, 15) is 4.79 Å². The van der Waals surface area contributed by atoms with Crippen LogP contribution in [0.15, 0.2) is 24.3 Å². The number of halogens is 1. The molecule has 0 saturated heterocycles. The quantitative estimate of drug-likeness (QED) is 0.802. The van der Waals surface area contributed by atoms with Gasteiger partial charge in [-0.25, -0.2) is 0 Å². The number of amides is 1. The van der Waals surface area contributed by atoms with Crippen LogP contribution in [0, 0.1) is 3.57 Å². The van der Waals surface area contributed by atoms with E-state index in [0.717, 1.165) is 9.13 Å². The van der Waals surface area contributed by atoms with Crippen molar-refractivity contribution in [3.8, 4) is 0 Å². The van der Waals surface area contributed by atoms with E-state index in [-0.39, 0.29) is 0 Å². The molecule has 0 saturated carbocycles. The van der Waals surface area contributed by atoms with Crippen molar-refractivity contribution in [3.05, 3.63) is 33.4 Å². The molecule has 0 heterocycles. The van der Waals surface area contributed by atoms with Crippen molar-refractivity contribution in [2.75, 3.05) is 0 Å². The minimum Gasteiger partial charge on any atom is -0.368 e. The van der Waals surface area contributed by atoms with E-state index >= 15 is 0 Å². The van der Waals surface area contributed by atoms with Gasteiger partial charge in [0.2, 0.25) is 5.91 Å². The molecule has 0 spiro atoms. The minimum absolute atomic E-state index is 0.459. The van der Waals surface area contributed by atoms with Crippen LogP contribution in [0.5, 0.6) is 0 Å². The van der Waals surface area contributed by atoms with E-state index < -0.39 is 11.9 Å². The standard InChI is InChI=1S/C9H11IN2O/c10-7-4-2-1-3-6(7)5-8(11)9(12)13/h1-4,8H,5,11H2,(H2,12,13). The molecule has 1 rings (SSSR count). The van der Waals surface area contributed by atoms with E-state index in [2.05, 4.69) is 22.6 Å². The van der Waals surface area contributed by atoms with Gasteiger partial charge in [-0.05, 0) is 40.6 Å². The Labute approximate surface area is 90.6 Å². The highest BCUT2D eigenvalue weighted by atomic mass is 127. The van der Waals surface area contributed by atoms with Crippen LogP contribution in [0.1, 0.15) is 5.56 Å².